The molecule has 2 aromatic carbocycles. The summed E-state index contributed by atoms with van der Waals surface area (Å²) in [5.74, 6) is -1.49. The van der Waals surface area contributed by atoms with Crippen LogP contribution in [0.4, 0.5) is 13.2 Å². The van der Waals surface area contributed by atoms with Gasteiger partial charge in [-0.25, -0.2) is 4.79 Å². The smallest absolute Gasteiger partial charge is 0.416 e. The summed E-state index contributed by atoms with van der Waals surface area (Å²) in [6.07, 6.45) is -4.58. The Morgan fingerprint density at radius 2 is 1.83 bits per heavy atom. The molecule has 0 radical (unpaired) electrons. The zero-order valence-electron chi connectivity index (χ0n) is 11.4. The molecule has 0 saturated carbocycles. The summed E-state index contributed by atoms with van der Waals surface area (Å²) in [5, 5.41) is 18.0. The molecule has 8 heteroatoms. The number of rotatable bonds is 4. The Hall–Kier alpha value is -2.41. The van der Waals surface area contributed by atoms with Gasteiger partial charge in [0.25, 0.3) is 0 Å². The molecule has 0 bridgehead atoms. The number of benzene rings is 2. The van der Waals surface area contributed by atoms with Gasteiger partial charge >= 0.3 is 12.1 Å². The number of carbonyl (C=O) groups is 1. The van der Waals surface area contributed by atoms with Gasteiger partial charge in [-0.1, -0.05) is 11.6 Å². The molecule has 2 N–H and O–H groups in total. The van der Waals surface area contributed by atoms with Gasteiger partial charge in [0.2, 0.25) is 0 Å². The SMILES string of the molecule is O=C(O)COc1ccc(C(F)(F)F)cc1-c1ccc(O)cc1Cl. The zero-order chi connectivity index (χ0) is 17.2. The minimum absolute atomic E-state index is 0.00417. The molecule has 0 spiro atoms. The van der Waals surface area contributed by atoms with Gasteiger partial charge in [-0.05, 0) is 36.4 Å². The Balaban J connectivity index is 2.57. The highest BCUT2D eigenvalue weighted by molar-refractivity contribution is 6.33. The van der Waals surface area contributed by atoms with E-state index in [-0.39, 0.29) is 27.6 Å². The van der Waals surface area contributed by atoms with E-state index in [2.05, 4.69) is 0 Å². The van der Waals surface area contributed by atoms with Crippen LogP contribution in [0, 0.1) is 0 Å². The van der Waals surface area contributed by atoms with Crippen LogP contribution in [0.15, 0.2) is 36.4 Å². The lowest BCUT2D eigenvalue weighted by atomic mass is 10.0. The molecule has 0 aromatic heterocycles. The van der Waals surface area contributed by atoms with E-state index in [0.29, 0.717) is 0 Å². The number of carboxylic acid groups (broad SMARTS) is 1. The third-order valence-electron chi connectivity index (χ3n) is 2.90. The molecule has 0 aliphatic rings. The van der Waals surface area contributed by atoms with Crippen molar-refractivity contribution in [1.29, 1.82) is 0 Å². The Bertz CT molecular complexity index is 744. The third kappa shape index (κ3) is 4.07. The lowest BCUT2D eigenvalue weighted by Gasteiger charge is -2.15. The summed E-state index contributed by atoms with van der Waals surface area (Å²) < 4.78 is 43.7. The van der Waals surface area contributed by atoms with Crippen LogP contribution in [0.3, 0.4) is 0 Å². The number of phenols is 1. The predicted molar refractivity (Wildman–Crippen MR) is 76.7 cm³/mol. The van der Waals surface area contributed by atoms with Crippen molar-refractivity contribution in [2.45, 2.75) is 6.18 Å². The zero-order valence-corrected chi connectivity index (χ0v) is 12.1. The molecule has 0 aliphatic heterocycles. The quantitative estimate of drug-likeness (QED) is 0.871. The molecule has 122 valence electrons. The molecule has 2 aromatic rings. The van der Waals surface area contributed by atoms with E-state index >= 15 is 0 Å². The molecule has 0 unspecified atom stereocenters. The molecule has 4 nitrogen and oxygen atoms in total. The molecule has 0 aliphatic carbocycles. The topological polar surface area (TPSA) is 66.8 Å². The number of halogens is 4. The average Bonchev–Trinajstić information content (AvgIpc) is 2.44. The van der Waals surface area contributed by atoms with Gasteiger partial charge in [0.05, 0.1) is 10.6 Å². The highest BCUT2D eigenvalue weighted by Crippen LogP contribution is 2.40. The van der Waals surface area contributed by atoms with E-state index < -0.39 is 24.3 Å². The van der Waals surface area contributed by atoms with Gasteiger partial charge in [-0.15, -0.1) is 0 Å². The fourth-order valence-electron chi connectivity index (χ4n) is 1.90. The number of aromatic hydroxyl groups is 1. The number of ether oxygens (including phenoxy) is 1. The van der Waals surface area contributed by atoms with Crippen molar-refractivity contribution in [1.82, 2.24) is 0 Å². The summed E-state index contributed by atoms with van der Waals surface area (Å²) in [6, 6.07) is 6.37. The van der Waals surface area contributed by atoms with E-state index in [9.17, 15) is 23.1 Å². The highest BCUT2D eigenvalue weighted by atomic mass is 35.5. The molecular formula is C15H10ClF3O4. The maximum Gasteiger partial charge on any atom is 0.416 e. The lowest BCUT2D eigenvalue weighted by molar-refractivity contribution is -0.140. The lowest BCUT2D eigenvalue weighted by Crippen LogP contribution is -2.11. The minimum atomic E-state index is -4.58. The second-order valence-electron chi connectivity index (χ2n) is 4.56. The van der Waals surface area contributed by atoms with Crippen molar-refractivity contribution in [3.05, 3.63) is 47.0 Å². The molecule has 23 heavy (non-hydrogen) atoms. The van der Waals surface area contributed by atoms with Crippen LogP contribution in [0.2, 0.25) is 5.02 Å². The number of phenolic OH excluding ortho intramolecular Hbond substituents is 1. The Labute approximate surface area is 133 Å². The number of alkyl halides is 3. The van der Waals surface area contributed by atoms with Crippen LogP contribution < -0.4 is 4.74 Å². The molecular weight excluding hydrogens is 337 g/mol. The maximum atomic E-state index is 12.9. The standard InChI is InChI=1S/C15H10ClF3O4/c16-12-6-9(20)2-3-10(12)11-5-8(15(17,18)19)1-4-13(11)23-7-14(21)22/h1-6,20H,7H2,(H,21,22). The van der Waals surface area contributed by atoms with Crippen molar-refractivity contribution in [3.63, 3.8) is 0 Å². The molecule has 0 atom stereocenters. The highest BCUT2D eigenvalue weighted by Gasteiger charge is 2.31. The first-order valence-corrected chi connectivity index (χ1v) is 6.61. The Morgan fingerprint density at radius 1 is 1.13 bits per heavy atom. The summed E-state index contributed by atoms with van der Waals surface area (Å²) in [7, 11) is 0. The van der Waals surface area contributed by atoms with Crippen molar-refractivity contribution >= 4 is 17.6 Å². The van der Waals surface area contributed by atoms with Crippen LogP contribution in [-0.2, 0) is 11.0 Å². The fraction of sp³-hybridized carbons (Fsp3) is 0.133. The van der Waals surface area contributed by atoms with Crippen molar-refractivity contribution in [2.24, 2.45) is 0 Å². The third-order valence-corrected chi connectivity index (χ3v) is 3.21. The van der Waals surface area contributed by atoms with Gasteiger partial charge < -0.3 is 14.9 Å². The van der Waals surface area contributed by atoms with Crippen LogP contribution >= 0.6 is 11.6 Å². The summed E-state index contributed by atoms with van der Waals surface area (Å²) >= 11 is 5.95. The first kappa shape index (κ1) is 17.0. The van der Waals surface area contributed by atoms with Crippen molar-refractivity contribution in [2.75, 3.05) is 6.61 Å². The summed E-state index contributed by atoms with van der Waals surface area (Å²) in [6.45, 7) is -0.714. The summed E-state index contributed by atoms with van der Waals surface area (Å²) in [5.41, 5.74) is -0.777. The largest absolute Gasteiger partial charge is 0.508 e. The Morgan fingerprint density at radius 3 is 2.39 bits per heavy atom. The van der Waals surface area contributed by atoms with Gasteiger partial charge in [0.1, 0.15) is 11.5 Å². The number of carboxylic acids is 1. The minimum Gasteiger partial charge on any atom is -0.508 e. The molecule has 0 heterocycles. The van der Waals surface area contributed by atoms with E-state index in [1.807, 2.05) is 0 Å². The molecule has 0 amide bonds. The normalized spacial score (nSPS) is 11.3. The molecule has 0 fully saturated rings. The van der Waals surface area contributed by atoms with Crippen LogP contribution in [0.1, 0.15) is 5.56 Å². The van der Waals surface area contributed by atoms with Crippen molar-refractivity contribution in [3.8, 4) is 22.6 Å². The molecule has 2 rings (SSSR count). The van der Waals surface area contributed by atoms with E-state index in [1.165, 1.54) is 12.1 Å². The van der Waals surface area contributed by atoms with Crippen LogP contribution in [0.5, 0.6) is 11.5 Å². The first-order valence-electron chi connectivity index (χ1n) is 6.23. The van der Waals surface area contributed by atoms with E-state index in [0.717, 1.165) is 24.3 Å². The molecule has 0 saturated heterocycles. The fourth-order valence-corrected chi connectivity index (χ4v) is 2.18. The van der Waals surface area contributed by atoms with E-state index in [4.69, 9.17) is 21.4 Å². The van der Waals surface area contributed by atoms with Gasteiger partial charge in [-0.2, -0.15) is 13.2 Å². The Kier molecular flexibility index (Phi) is 4.70. The number of aliphatic carboxylic acids is 1. The van der Waals surface area contributed by atoms with Gasteiger partial charge in [0, 0.05) is 11.1 Å². The van der Waals surface area contributed by atoms with Crippen LogP contribution in [-0.4, -0.2) is 22.8 Å². The number of hydrogen-bond acceptors (Lipinski definition) is 3. The van der Waals surface area contributed by atoms with E-state index in [1.54, 1.807) is 0 Å². The van der Waals surface area contributed by atoms with Gasteiger partial charge in [-0.3, -0.25) is 0 Å². The second kappa shape index (κ2) is 6.37. The monoisotopic (exact) mass is 346 g/mol. The van der Waals surface area contributed by atoms with Crippen LogP contribution in [0.25, 0.3) is 11.1 Å². The first-order chi connectivity index (χ1) is 10.7. The number of hydrogen-bond donors (Lipinski definition) is 2. The predicted octanol–water partition coefficient (Wildman–Crippen LogP) is 4.19. The second-order valence-corrected chi connectivity index (χ2v) is 4.96. The van der Waals surface area contributed by atoms with Crippen molar-refractivity contribution < 1.29 is 32.9 Å². The maximum absolute atomic E-state index is 12.9. The summed E-state index contributed by atoms with van der Waals surface area (Å²) in [4.78, 5) is 10.6. The average molecular weight is 347 g/mol. The van der Waals surface area contributed by atoms with Gasteiger partial charge in [0.15, 0.2) is 6.61 Å².